The van der Waals surface area contributed by atoms with E-state index < -0.39 is 0 Å². The van der Waals surface area contributed by atoms with E-state index in [-0.39, 0.29) is 11.8 Å². The Morgan fingerprint density at radius 2 is 2.27 bits per heavy atom. The van der Waals surface area contributed by atoms with Crippen LogP contribution in [0.4, 0.5) is 5.82 Å². The molecule has 0 radical (unpaired) electrons. The van der Waals surface area contributed by atoms with Gasteiger partial charge in [-0.15, -0.1) is 0 Å². The van der Waals surface area contributed by atoms with Crippen LogP contribution >= 0.6 is 0 Å². The number of carbonyl (C=O) groups excluding carboxylic acids is 1. The van der Waals surface area contributed by atoms with E-state index in [1.807, 2.05) is 19.9 Å². The lowest BCUT2D eigenvalue weighted by atomic mass is 10.2. The van der Waals surface area contributed by atoms with Gasteiger partial charge in [-0.1, -0.05) is 13.8 Å². The SMILES string of the molecule is CC(C)C(=O)Nc1ncnc2cc[nH]c12. The number of amides is 1. The van der Waals surface area contributed by atoms with Gasteiger partial charge in [0.05, 0.1) is 5.52 Å². The second-order valence-electron chi connectivity index (χ2n) is 3.60. The van der Waals surface area contributed by atoms with Crippen LogP contribution in [0.15, 0.2) is 18.6 Å². The lowest BCUT2D eigenvalue weighted by molar-refractivity contribution is -0.118. The quantitative estimate of drug-likeness (QED) is 0.779. The molecule has 2 aromatic heterocycles. The Morgan fingerprint density at radius 1 is 1.47 bits per heavy atom. The maximum absolute atomic E-state index is 11.5. The monoisotopic (exact) mass is 204 g/mol. The molecular formula is C10H12N4O. The summed E-state index contributed by atoms with van der Waals surface area (Å²) in [7, 11) is 0. The van der Waals surface area contributed by atoms with Crippen molar-refractivity contribution in [3.8, 4) is 0 Å². The smallest absolute Gasteiger partial charge is 0.228 e. The zero-order valence-electron chi connectivity index (χ0n) is 8.61. The highest BCUT2D eigenvalue weighted by atomic mass is 16.1. The number of nitrogens with zero attached hydrogens (tertiary/aromatic N) is 2. The Hall–Kier alpha value is -1.91. The van der Waals surface area contributed by atoms with Gasteiger partial charge < -0.3 is 10.3 Å². The highest BCUT2D eigenvalue weighted by molar-refractivity contribution is 5.98. The summed E-state index contributed by atoms with van der Waals surface area (Å²) in [6.45, 7) is 3.67. The van der Waals surface area contributed by atoms with Crippen LogP contribution in [0.2, 0.25) is 0 Å². The van der Waals surface area contributed by atoms with E-state index in [1.165, 1.54) is 6.33 Å². The summed E-state index contributed by atoms with van der Waals surface area (Å²) >= 11 is 0. The maximum Gasteiger partial charge on any atom is 0.228 e. The molecule has 0 aromatic carbocycles. The van der Waals surface area contributed by atoms with Crippen molar-refractivity contribution < 1.29 is 4.79 Å². The summed E-state index contributed by atoms with van der Waals surface area (Å²) in [5.74, 6) is 0.415. The minimum atomic E-state index is -0.0648. The lowest BCUT2D eigenvalue weighted by Crippen LogP contribution is -2.18. The van der Waals surface area contributed by atoms with Crippen molar-refractivity contribution in [1.29, 1.82) is 0 Å². The van der Waals surface area contributed by atoms with Gasteiger partial charge in [0, 0.05) is 12.1 Å². The van der Waals surface area contributed by atoms with Gasteiger partial charge in [0.1, 0.15) is 11.8 Å². The van der Waals surface area contributed by atoms with Gasteiger partial charge in [-0.25, -0.2) is 9.97 Å². The second kappa shape index (κ2) is 3.68. The molecule has 5 nitrogen and oxygen atoms in total. The average molecular weight is 204 g/mol. The van der Waals surface area contributed by atoms with E-state index >= 15 is 0 Å². The Balaban J connectivity index is 2.35. The first-order valence-electron chi connectivity index (χ1n) is 4.77. The van der Waals surface area contributed by atoms with Crippen LogP contribution in [0.3, 0.4) is 0 Å². The first kappa shape index (κ1) is 9.64. The Labute approximate surface area is 86.9 Å². The summed E-state index contributed by atoms with van der Waals surface area (Å²) in [4.78, 5) is 22.6. The minimum Gasteiger partial charge on any atom is -0.357 e. The van der Waals surface area contributed by atoms with Crippen LogP contribution in [0, 0.1) is 5.92 Å². The Bertz CT molecular complexity index is 489. The molecule has 78 valence electrons. The third kappa shape index (κ3) is 1.81. The van der Waals surface area contributed by atoms with Crippen molar-refractivity contribution in [2.75, 3.05) is 5.32 Å². The fourth-order valence-electron chi connectivity index (χ4n) is 1.23. The van der Waals surface area contributed by atoms with Crippen molar-refractivity contribution in [2.24, 2.45) is 5.92 Å². The highest BCUT2D eigenvalue weighted by Crippen LogP contribution is 2.16. The third-order valence-corrected chi connectivity index (χ3v) is 2.11. The van der Waals surface area contributed by atoms with Crippen LogP contribution < -0.4 is 5.32 Å². The molecule has 0 aliphatic heterocycles. The number of aromatic amines is 1. The van der Waals surface area contributed by atoms with Crippen LogP contribution in [0.1, 0.15) is 13.8 Å². The predicted molar refractivity (Wildman–Crippen MR) is 57.4 cm³/mol. The van der Waals surface area contributed by atoms with Crippen molar-refractivity contribution in [3.63, 3.8) is 0 Å². The number of anilines is 1. The summed E-state index contributed by atoms with van der Waals surface area (Å²) in [6.07, 6.45) is 3.20. The molecule has 2 N–H and O–H groups in total. The fraction of sp³-hybridized carbons (Fsp3) is 0.300. The molecule has 0 saturated carbocycles. The van der Waals surface area contributed by atoms with Gasteiger partial charge in [0.2, 0.25) is 5.91 Å². The molecule has 0 fully saturated rings. The number of aromatic nitrogens is 3. The normalized spacial score (nSPS) is 10.9. The first-order chi connectivity index (χ1) is 7.18. The van der Waals surface area contributed by atoms with Gasteiger partial charge in [0.15, 0.2) is 5.82 Å². The molecule has 5 heteroatoms. The number of hydrogen-bond acceptors (Lipinski definition) is 3. The van der Waals surface area contributed by atoms with Crippen molar-refractivity contribution >= 4 is 22.8 Å². The van der Waals surface area contributed by atoms with Gasteiger partial charge in [-0.2, -0.15) is 0 Å². The fourth-order valence-corrected chi connectivity index (χ4v) is 1.23. The molecule has 15 heavy (non-hydrogen) atoms. The summed E-state index contributed by atoms with van der Waals surface area (Å²) in [6, 6.07) is 1.84. The Morgan fingerprint density at radius 3 is 3.00 bits per heavy atom. The third-order valence-electron chi connectivity index (χ3n) is 2.11. The molecule has 0 aliphatic rings. The van der Waals surface area contributed by atoms with Gasteiger partial charge in [-0.05, 0) is 6.07 Å². The molecule has 0 unspecified atom stereocenters. The second-order valence-corrected chi connectivity index (χ2v) is 3.60. The summed E-state index contributed by atoms with van der Waals surface area (Å²) in [5, 5.41) is 2.75. The standard InChI is InChI=1S/C10H12N4O/c1-6(2)10(15)14-9-8-7(3-4-11-8)12-5-13-9/h3-6,11H,1-2H3,(H,12,13,14,15). The van der Waals surface area contributed by atoms with Crippen LogP contribution in [0.5, 0.6) is 0 Å². The molecule has 0 aliphatic carbocycles. The molecule has 2 heterocycles. The molecule has 0 spiro atoms. The molecule has 0 atom stereocenters. The van der Waals surface area contributed by atoms with Gasteiger partial charge in [-0.3, -0.25) is 4.79 Å². The van der Waals surface area contributed by atoms with E-state index in [0.29, 0.717) is 5.82 Å². The number of H-pyrrole nitrogens is 1. The molecule has 2 rings (SSSR count). The van der Waals surface area contributed by atoms with E-state index in [9.17, 15) is 4.79 Å². The van der Waals surface area contributed by atoms with E-state index in [1.54, 1.807) is 6.20 Å². The Kier molecular flexibility index (Phi) is 2.37. The van der Waals surface area contributed by atoms with Crippen LogP contribution in [-0.4, -0.2) is 20.9 Å². The van der Waals surface area contributed by atoms with Gasteiger partial charge in [0.25, 0.3) is 0 Å². The lowest BCUT2D eigenvalue weighted by Gasteiger charge is -2.06. The van der Waals surface area contributed by atoms with E-state index in [2.05, 4.69) is 20.3 Å². The minimum absolute atomic E-state index is 0.0513. The molecular weight excluding hydrogens is 192 g/mol. The van der Waals surface area contributed by atoms with E-state index in [4.69, 9.17) is 0 Å². The van der Waals surface area contributed by atoms with Crippen molar-refractivity contribution in [2.45, 2.75) is 13.8 Å². The molecule has 0 saturated heterocycles. The zero-order chi connectivity index (χ0) is 10.8. The van der Waals surface area contributed by atoms with Gasteiger partial charge >= 0.3 is 0 Å². The summed E-state index contributed by atoms with van der Waals surface area (Å²) in [5.41, 5.74) is 1.55. The number of carbonyl (C=O) groups is 1. The van der Waals surface area contributed by atoms with E-state index in [0.717, 1.165) is 11.0 Å². The maximum atomic E-state index is 11.5. The molecule has 0 bridgehead atoms. The summed E-state index contributed by atoms with van der Waals surface area (Å²) < 4.78 is 0. The van der Waals surface area contributed by atoms with Crippen LogP contribution in [-0.2, 0) is 4.79 Å². The number of fused-ring (bicyclic) bond motifs is 1. The first-order valence-corrected chi connectivity index (χ1v) is 4.77. The largest absolute Gasteiger partial charge is 0.357 e. The predicted octanol–water partition coefficient (Wildman–Crippen LogP) is 1.55. The number of hydrogen-bond donors (Lipinski definition) is 2. The zero-order valence-corrected chi connectivity index (χ0v) is 8.61. The number of rotatable bonds is 2. The van der Waals surface area contributed by atoms with Crippen LogP contribution in [0.25, 0.3) is 11.0 Å². The number of nitrogens with one attached hydrogen (secondary N) is 2. The van der Waals surface area contributed by atoms with Crippen molar-refractivity contribution in [1.82, 2.24) is 15.0 Å². The topological polar surface area (TPSA) is 70.7 Å². The molecule has 1 amide bonds. The van der Waals surface area contributed by atoms with Crippen molar-refractivity contribution in [3.05, 3.63) is 18.6 Å². The average Bonchev–Trinajstić information content (AvgIpc) is 2.66. The molecule has 2 aromatic rings. The highest BCUT2D eigenvalue weighted by Gasteiger charge is 2.10.